The number of amides is 3. The van der Waals surface area contributed by atoms with Crippen LogP contribution in [0.3, 0.4) is 0 Å². The van der Waals surface area contributed by atoms with Crippen molar-refractivity contribution in [1.82, 2.24) is 25.4 Å². The predicted octanol–water partition coefficient (Wildman–Crippen LogP) is 1.55. The molecule has 0 spiro atoms. The highest BCUT2D eigenvalue weighted by Gasteiger charge is 2.19. The average molecular weight is 422 g/mol. The van der Waals surface area contributed by atoms with E-state index in [0.717, 1.165) is 22.3 Å². The van der Waals surface area contributed by atoms with Gasteiger partial charge in [0, 0.05) is 24.8 Å². The lowest BCUT2D eigenvalue weighted by Gasteiger charge is -2.11. The van der Waals surface area contributed by atoms with Crippen molar-refractivity contribution in [1.29, 1.82) is 0 Å². The van der Waals surface area contributed by atoms with E-state index < -0.39 is 5.91 Å². The summed E-state index contributed by atoms with van der Waals surface area (Å²) in [6.45, 7) is 5.99. The van der Waals surface area contributed by atoms with Gasteiger partial charge in [-0.2, -0.15) is 5.10 Å². The summed E-state index contributed by atoms with van der Waals surface area (Å²) in [5, 5.41) is 10.5. The number of carbonyl (C=O) groups excluding carboxylic acids is 3. The number of nitrogens with two attached hydrogens (primary N) is 1. The molecule has 2 heterocycles. The highest BCUT2D eigenvalue weighted by molar-refractivity contribution is 6.06. The van der Waals surface area contributed by atoms with Gasteiger partial charge in [0.15, 0.2) is 5.65 Å². The van der Waals surface area contributed by atoms with Crippen LogP contribution in [0.1, 0.15) is 57.4 Å². The second-order valence-electron chi connectivity index (χ2n) is 7.69. The molecule has 0 aliphatic carbocycles. The molecule has 31 heavy (non-hydrogen) atoms. The van der Waals surface area contributed by atoms with Crippen LogP contribution in [0.25, 0.3) is 11.0 Å². The smallest absolute Gasteiger partial charge is 0.252 e. The molecule has 0 atom stereocenters. The number of carbonyl (C=O) groups is 3. The van der Waals surface area contributed by atoms with E-state index >= 15 is 0 Å². The molecule has 3 amide bonds. The maximum absolute atomic E-state index is 13.0. The SMILES string of the molecule is Cc1nn(C)c2nc(C(C)C)cc(C(=O)NCc3ccc(C(=O)NCC(N)=O)cc3)c12. The van der Waals surface area contributed by atoms with Crippen molar-refractivity contribution >= 4 is 28.8 Å². The third kappa shape index (κ3) is 4.88. The van der Waals surface area contributed by atoms with E-state index in [2.05, 4.69) is 20.7 Å². The quantitative estimate of drug-likeness (QED) is 0.531. The van der Waals surface area contributed by atoms with Crippen LogP contribution in [-0.2, 0) is 18.4 Å². The summed E-state index contributed by atoms with van der Waals surface area (Å²) in [6.07, 6.45) is 0. The fourth-order valence-electron chi connectivity index (χ4n) is 3.26. The average Bonchev–Trinajstić information content (AvgIpc) is 3.03. The number of hydrogen-bond donors (Lipinski definition) is 3. The molecule has 4 N–H and O–H groups in total. The van der Waals surface area contributed by atoms with E-state index in [1.165, 1.54) is 0 Å². The Balaban J connectivity index is 1.76. The molecule has 1 aromatic carbocycles. The van der Waals surface area contributed by atoms with Crippen molar-refractivity contribution in [3.8, 4) is 0 Å². The van der Waals surface area contributed by atoms with Crippen molar-refractivity contribution < 1.29 is 14.4 Å². The minimum Gasteiger partial charge on any atom is -0.368 e. The highest BCUT2D eigenvalue weighted by Crippen LogP contribution is 2.25. The van der Waals surface area contributed by atoms with Crippen LogP contribution in [0.5, 0.6) is 0 Å². The molecule has 162 valence electrons. The third-order valence-electron chi connectivity index (χ3n) is 4.92. The minimum atomic E-state index is -0.609. The maximum atomic E-state index is 13.0. The van der Waals surface area contributed by atoms with Crippen LogP contribution in [0.4, 0.5) is 0 Å². The van der Waals surface area contributed by atoms with Gasteiger partial charge in [-0.3, -0.25) is 19.1 Å². The van der Waals surface area contributed by atoms with Gasteiger partial charge in [0.1, 0.15) is 0 Å². The number of pyridine rings is 1. The summed E-state index contributed by atoms with van der Waals surface area (Å²) in [7, 11) is 1.81. The number of aryl methyl sites for hydroxylation is 2. The van der Waals surface area contributed by atoms with Crippen molar-refractivity contribution in [2.75, 3.05) is 6.54 Å². The first-order valence-electron chi connectivity index (χ1n) is 9.95. The first kappa shape index (κ1) is 21.9. The number of benzene rings is 1. The summed E-state index contributed by atoms with van der Waals surface area (Å²) in [6, 6.07) is 8.57. The van der Waals surface area contributed by atoms with E-state index in [4.69, 9.17) is 5.73 Å². The lowest BCUT2D eigenvalue weighted by atomic mass is 10.0. The van der Waals surface area contributed by atoms with Gasteiger partial charge in [-0.1, -0.05) is 26.0 Å². The first-order chi connectivity index (χ1) is 14.7. The van der Waals surface area contributed by atoms with Gasteiger partial charge in [0.05, 0.1) is 23.2 Å². The van der Waals surface area contributed by atoms with E-state index in [-0.39, 0.29) is 24.3 Å². The summed E-state index contributed by atoms with van der Waals surface area (Å²) >= 11 is 0. The van der Waals surface area contributed by atoms with E-state index in [1.807, 2.05) is 33.9 Å². The summed E-state index contributed by atoms with van der Waals surface area (Å²) in [4.78, 5) is 40.4. The molecule has 0 bridgehead atoms. The van der Waals surface area contributed by atoms with Crippen molar-refractivity contribution in [2.45, 2.75) is 33.2 Å². The zero-order chi connectivity index (χ0) is 22.7. The van der Waals surface area contributed by atoms with Gasteiger partial charge in [-0.05, 0) is 36.6 Å². The van der Waals surface area contributed by atoms with Crippen LogP contribution in [0.15, 0.2) is 30.3 Å². The summed E-state index contributed by atoms with van der Waals surface area (Å²) in [5.41, 5.74) is 9.06. The fraction of sp³-hybridized carbons (Fsp3) is 0.318. The second kappa shape index (κ2) is 8.95. The Morgan fingerprint density at radius 3 is 2.39 bits per heavy atom. The normalized spacial score (nSPS) is 11.0. The monoisotopic (exact) mass is 422 g/mol. The van der Waals surface area contributed by atoms with Crippen molar-refractivity contribution in [2.24, 2.45) is 12.8 Å². The van der Waals surface area contributed by atoms with Crippen LogP contribution in [0.2, 0.25) is 0 Å². The highest BCUT2D eigenvalue weighted by atomic mass is 16.2. The number of fused-ring (bicyclic) bond motifs is 1. The molecule has 3 rings (SSSR count). The molecule has 0 saturated carbocycles. The summed E-state index contributed by atoms with van der Waals surface area (Å²) in [5.74, 6) is -1.04. The maximum Gasteiger partial charge on any atom is 0.252 e. The Kier molecular flexibility index (Phi) is 6.33. The van der Waals surface area contributed by atoms with Gasteiger partial charge < -0.3 is 16.4 Å². The fourth-order valence-corrected chi connectivity index (χ4v) is 3.26. The predicted molar refractivity (Wildman–Crippen MR) is 116 cm³/mol. The number of nitrogens with zero attached hydrogens (tertiary/aromatic N) is 3. The Morgan fingerprint density at radius 1 is 1.10 bits per heavy atom. The van der Waals surface area contributed by atoms with Crippen molar-refractivity contribution in [3.05, 3.63) is 58.4 Å². The van der Waals surface area contributed by atoms with Crippen LogP contribution in [0, 0.1) is 6.92 Å². The molecule has 9 heteroatoms. The van der Waals surface area contributed by atoms with Crippen LogP contribution < -0.4 is 16.4 Å². The second-order valence-corrected chi connectivity index (χ2v) is 7.69. The molecule has 0 aliphatic rings. The zero-order valence-electron chi connectivity index (χ0n) is 18.0. The van der Waals surface area contributed by atoms with Gasteiger partial charge in [-0.15, -0.1) is 0 Å². The Bertz CT molecular complexity index is 1150. The minimum absolute atomic E-state index is 0.166. The molecule has 2 aromatic heterocycles. The lowest BCUT2D eigenvalue weighted by Crippen LogP contribution is -2.33. The van der Waals surface area contributed by atoms with E-state index in [0.29, 0.717) is 23.3 Å². The molecule has 0 aliphatic heterocycles. The van der Waals surface area contributed by atoms with E-state index in [1.54, 1.807) is 28.9 Å². The largest absolute Gasteiger partial charge is 0.368 e. The molecular formula is C22H26N6O3. The van der Waals surface area contributed by atoms with Crippen LogP contribution in [-0.4, -0.2) is 39.0 Å². The zero-order valence-corrected chi connectivity index (χ0v) is 18.0. The number of nitrogens with one attached hydrogen (secondary N) is 2. The van der Waals surface area contributed by atoms with Crippen molar-refractivity contribution in [3.63, 3.8) is 0 Å². The van der Waals surface area contributed by atoms with Gasteiger partial charge in [0.2, 0.25) is 5.91 Å². The molecule has 0 radical (unpaired) electrons. The lowest BCUT2D eigenvalue weighted by molar-refractivity contribution is -0.117. The standard InChI is InChI=1S/C22H26N6O3/c1-12(2)17-9-16(19-13(3)27-28(4)20(19)26-17)22(31)24-10-14-5-7-15(8-6-14)21(30)25-11-18(23)29/h5-9,12H,10-11H2,1-4H3,(H2,23,29)(H,24,31)(H,25,30). The van der Waals surface area contributed by atoms with Gasteiger partial charge >= 0.3 is 0 Å². The van der Waals surface area contributed by atoms with Crippen LogP contribution >= 0.6 is 0 Å². The molecule has 3 aromatic rings. The molecule has 0 fully saturated rings. The number of hydrogen-bond acceptors (Lipinski definition) is 5. The topological polar surface area (TPSA) is 132 Å². The summed E-state index contributed by atoms with van der Waals surface area (Å²) < 4.78 is 1.69. The van der Waals surface area contributed by atoms with Gasteiger partial charge in [0.25, 0.3) is 11.8 Å². The molecule has 9 nitrogen and oxygen atoms in total. The molecule has 0 saturated heterocycles. The Labute approximate surface area is 180 Å². The number of aromatic nitrogens is 3. The van der Waals surface area contributed by atoms with Gasteiger partial charge in [-0.25, -0.2) is 4.98 Å². The Morgan fingerprint density at radius 2 is 1.77 bits per heavy atom. The number of primary amides is 1. The third-order valence-corrected chi connectivity index (χ3v) is 4.92. The molecule has 0 unspecified atom stereocenters. The number of rotatable bonds is 7. The molecular weight excluding hydrogens is 396 g/mol. The first-order valence-corrected chi connectivity index (χ1v) is 9.95. The van der Waals surface area contributed by atoms with E-state index in [9.17, 15) is 14.4 Å². The Hall–Kier alpha value is -3.75.